The fourth-order valence-electron chi connectivity index (χ4n) is 3.89. The van der Waals surface area contributed by atoms with E-state index in [1.54, 1.807) is 0 Å². The number of methoxy groups -OCH3 is 1. The van der Waals surface area contributed by atoms with Gasteiger partial charge in [-0.15, -0.1) is 0 Å². The Morgan fingerprint density at radius 1 is 1.32 bits per heavy atom. The second kappa shape index (κ2) is 6.55. The summed E-state index contributed by atoms with van der Waals surface area (Å²) in [5.41, 5.74) is 0.497. The minimum absolute atomic E-state index is 0.445. The summed E-state index contributed by atoms with van der Waals surface area (Å²) >= 11 is 0. The van der Waals surface area contributed by atoms with Crippen LogP contribution in [0.4, 0.5) is 0 Å². The number of rotatable bonds is 4. The number of likely N-dealkylation sites (N-methyl/N-ethyl adjacent to an activating group) is 1. The van der Waals surface area contributed by atoms with Crippen molar-refractivity contribution in [2.45, 2.75) is 71.1 Å². The van der Waals surface area contributed by atoms with E-state index in [9.17, 15) is 0 Å². The molecule has 2 fully saturated rings. The van der Waals surface area contributed by atoms with Crippen molar-refractivity contribution in [3.05, 3.63) is 0 Å². The van der Waals surface area contributed by atoms with E-state index >= 15 is 0 Å². The molecule has 112 valence electrons. The molecule has 19 heavy (non-hydrogen) atoms. The van der Waals surface area contributed by atoms with Crippen molar-refractivity contribution in [3.63, 3.8) is 0 Å². The van der Waals surface area contributed by atoms with Gasteiger partial charge in [0.05, 0.1) is 6.10 Å². The largest absolute Gasteiger partial charge is 0.380 e. The fraction of sp³-hybridized carbons (Fsp3) is 1.00. The predicted molar refractivity (Wildman–Crippen MR) is 80.5 cm³/mol. The smallest absolute Gasteiger partial charge is 0.0698 e. The molecule has 0 bridgehead atoms. The summed E-state index contributed by atoms with van der Waals surface area (Å²) in [5.74, 6) is 0. The van der Waals surface area contributed by atoms with Crippen LogP contribution in [-0.2, 0) is 4.74 Å². The molecular formula is C16H32N2O. The van der Waals surface area contributed by atoms with Gasteiger partial charge in [-0.25, -0.2) is 0 Å². The third-order valence-electron chi connectivity index (χ3n) is 5.04. The van der Waals surface area contributed by atoms with Gasteiger partial charge in [0.15, 0.2) is 0 Å². The minimum Gasteiger partial charge on any atom is -0.380 e. The Hall–Kier alpha value is -0.120. The summed E-state index contributed by atoms with van der Waals surface area (Å²) in [6.07, 6.45) is 6.95. The monoisotopic (exact) mass is 268 g/mol. The molecular weight excluding hydrogens is 236 g/mol. The molecule has 3 nitrogen and oxygen atoms in total. The lowest BCUT2D eigenvalue weighted by atomic mass is 9.72. The molecule has 1 N–H and O–H groups in total. The first kappa shape index (κ1) is 15.3. The quantitative estimate of drug-likeness (QED) is 0.848. The van der Waals surface area contributed by atoms with Gasteiger partial charge in [0.1, 0.15) is 0 Å². The van der Waals surface area contributed by atoms with Crippen molar-refractivity contribution in [2.75, 3.05) is 26.7 Å². The highest BCUT2D eigenvalue weighted by Crippen LogP contribution is 2.38. The second-order valence-electron chi connectivity index (χ2n) is 7.13. The van der Waals surface area contributed by atoms with Gasteiger partial charge in [-0.3, -0.25) is 4.90 Å². The van der Waals surface area contributed by atoms with Crippen molar-refractivity contribution in [1.29, 1.82) is 0 Å². The maximum absolute atomic E-state index is 5.60. The number of piperidine rings is 1. The lowest BCUT2D eigenvalue weighted by Gasteiger charge is -2.48. The van der Waals surface area contributed by atoms with Crippen LogP contribution in [0.3, 0.4) is 0 Å². The van der Waals surface area contributed by atoms with Crippen LogP contribution in [0.15, 0.2) is 0 Å². The molecule has 1 saturated carbocycles. The average molecular weight is 268 g/mol. The van der Waals surface area contributed by atoms with E-state index in [0.29, 0.717) is 23.6 Å². The van der Waals surface area contributed by atoms with Crippen LogP contribution in [0.25, 0.3) is 0 Å². The predicted octanol–water partition coefficient (Wildman–Crippen LogP) is 2.65. The number of nitrogens with one attached hydrogen (secondary N) is 1. The average Bonchev–Trinajstić information content (AvgIpc) is 2.41. The van der Waals surface area contributed by atoms with Gasteiger partial charge in [-0.2, -0.15) is 0 Å². The Morgan fingerprint density at radius 2 is 2.11 bits per heavy atom. The first-order valence-electron chi connectivity index (χ1n) is 8.06. The van der Waals surface area contributed by atoms with Gasteiger partial charge in [0.2, 0.25) is 0 Å². The Bertz CT molecular complexity index is 280. The zero-order valence-electron chi connectivity index (χ0n) is 13.2. The molecule has 0 aromatic carbocycles. The van der Waals surface area contributed by atoms with E-state index in [2.05, 4.69) is 31.0 Å². The van der Waals surface area contributed by atoms with Crippen LogP contribution in [-0.4, -0.2) is 49.8 Å². The molecule has 0 radical (unpaired) electrons. The normalized spacial score (nSPS) is 36.3. The minimum atomic E-state index is 0.445. The maximum Gasteiger partial charge on any atom is 0.0698 e. The lowest BCUT2D eigenvalue weighted by molar-refractivity contribution is -0.0144. The number of hydrogen-bond donors (Lipinski definition) is 1. The zero-order chi connectivity index (χ0) is 13.9. The number of nitrogens with zero attached hydrogens (tertiary/aromatic N) is 1. The third-order valence-corrected chi connectivity index (χ3v) is 5.04. The topological polar surface area (TPSA) is 24.5 Å². The Morgan fingerprint density at radius 3 is 2.79 bits per heavy atom. The van der Waals surface area contributed by atoms with E-state index in [1.165, 1.54) is 38.6 Å². The fourth-order valence-corrected chi connectivity index (χ4v) is 3.89. The van der Waals surface area contributed by atoms with E-state index < -0.39 is 0 Å². The SMILES string of the molecule is CCNC1CCC(C)(C)CC1N1CCCC(OC)C1. The van der Waals surface area contributed by atoms with Gasteiger partial charge >= 0.3 is 0 Å². The molecule has 2 aliphatic rings. The lowest BCUT2D eigenvalue weighted by Crippen LogP contribution is -2.57. The molecule has 0 spiro atoms. The first-order chi connectivity index (χ1) is 9.05. The van der Waals surface area contributed by atoms with Crippen molar-refractivity contribution in [1.82, 2.24) is 10.2 Å². The van der Waals surface area contributed by atoms with Crippen molar-refractivity contribution in [3.8, 4) is 0 Å². The van der Waals surface area contributed by atoms with E-state index in [0.717, 1.165) is 13.1 Å². The molecule has 0 amide bonds. The summed E-state index contributed by atoms with van der Waals surface area (Å²) < 4.78 is 5.60. The van der Waals surface area contributed by atoms with Crippen LogP contribution >= 0.6 is 0 Å². The van der Waals surface area contributed by atoms with Gasteiger partial charge in [-0.05, 0) is 50.6 Å². The molecule has 0 aromatic heterocycles. The van der Waals surface area contributed by atoms with Gasteiger partial charge in [-0.1, -0.05) is 20.8 Å². The summed E-state index contributed by atoms with van der Waals surface area (Å²) in [6.45, 7) is 10.6. The molecule has 0 aromatic rings. The molecule has 1 heterocycles. The van der Waals surface area contributed by atoms with Crippen molar-refractivity contribution in [2.24, 2.45) is 5.41 Å². The van der Waals surface area contributed by atoms with Crippen LogP contribution < -0.4 is 5.32 Å². The molecule has 3 atom stereocenters. The maximum atomic E-state index is 5.60. The molecule has 1 saturated heterocycles. The van der Waals surface area contributed by atoms with Gasteiger partial charge in [0, 0.05) is 25.7 Å². The standard InChI is InChI=1S/C16H32N2O/c1-5-17-14-8-9-16(2,3)11-15(14)18-10-6-7-13(12-18)19-4/h13-15,17H,5-12H2,1-4H3. The highest BCUT2D eigenvalue weighted by molar-refractivity contribution is 4.95. The number of likely N-dealkylation sites (tertiary alicyclic amines) is 1. The van der Waals surface area contributed by atoms with Gasteiger partial charge in [0.25, 0.3) is 0 Å². The summed E-state index contributed by atoms with van der Waals surface area (Å²) in [4.78, 5) is 2.70. The molecule has 3 unspecified atom stereocenters. The second-order valence-corrected chi connectivity index (χ2v) is 7.13. The van der Waals surface area contributed by atoms with Crippen LogP contribution in [0, 0.1) is 5.41 Å². The van der Waals surface area contributed by atoms with E-state index in [-0.39, 0.29) is 0 Å². The zero-order valence-corrected chi connectivity index (χ0v) is 13.2. The van der Waals surface area contributed by atoms with Crippen molar-refractivity contribution >= 4 is 0 Å². The molecule has 3 heteroatoms. The molecule has 1 aliphatic heterocycles. The summed E-state index contributed by atoms with van der Waals surface area (Å²) in [5, 5.41) is 3.72. The Balaban J connectivity index is 2.03. The third kappa shape index (κ3) is 3.93. The highest BCUT2D eigenvalue weighted by Gasteiger charge is 2.38. The van der Waals surface area contributed by atoms with E-state index in [1.807, 2.05) is 7.11 Å². The van der Waals surface area contributed by atoms with Crippen molar-refractivity contribution < 1.29 is 4.74 Å². The van der Waals surface area contributed by atoms with Crippen LogP contribution in [0.1, 0.15) is 52.9 Å². The Kier molecular flexibility index (Phi) is 5.27. The van der Waals surface area contributed by atoms with Gasteiger partial charge < -0.3 is 10.1 Å². The molecule has 1 aliphatic carbocycles. The number of ether oxygens (including phenoxy) is 1. The number of hydrogen-bond acceptors (Lipinski definition) is 3. The van der Waals surface area contributed by atoms with E-state index in [4.69, 9.17) is 4.74 Å². The van der Waals surface area contributed by atoms with Crippen LogP contribution in [0.5, 0.6) is 0 Å². The highest BCUT2D eigenvalue weighted by atomic mass is 16.5. The Labute approximate surface area is 119 Å². The molecule has 2 rings (SSSR count). The summed E-state index contributed by atoms with van der Waals surface area (Å²) in [7, 11) is 1.86. The summed E-state index contributed by atoms with van der Waals surface area (Å²) in [6, 6.07) is 1.37. The van der Waals surface area contributed by atoms with Crippen LogP contribution in [0.2, 0.25) is 0 Å². The first-order valence-corrected chi connectivity index (χ1v) is 8.06.